The standard InChI is InChI=1S/C5H9NO4.H2O4S.Zn/c6-3(5(9)10)1-2-4(7)8;1-5(2,3)4;/h3H,1-2,6H2,(H,7,8)(H,9,10);(H2,1,2,3,4);/q;;+2/p-2/t3-;;/m0../s1. The Balaban J connectivity index is -0.000000242. The number of hydrogen-bond acceptors (Lipinski definition) is 7. The van der Waals surface area contributed by atoms with Gasteiger partial charge in [0.25, 0.3) is 0 Å². The zero-order chi connectivity index (χ0) is 12.6. The maximum absolute atomic E-state index is 9.99. The van der Waals surface area contributed by atoms with E-state index in [0.29, 0.717) is 0 Å². The van der Waals surface area contributed by atoms with Crippen LogP contribution in [0, 0.1) is 0 Å². The third-order valence-electron chi connectivity index (χ3n) is 0.986. The first-order valence-electron chi connectivity index (χ1n) is 3.41. The van der Waals surface area contributed by atoms with Crippen molar-refractivity contribution in [2.24, 2.45) is 5.73 Å². The minimum absolute atomic E-state index is 0. The van der Waals surface area contributed by atoms with Crippen LogP contribution in [0.1, 0.15) is 12.8 Å². The largest absolute Gasteiger partial charge is 2.00 e. The normalized spacial score (nSPS) is 11.4. The van der Waals surface area contributed by atoms with E-state index < -0.39 is 28.4 Å². The molecule has 90 valence electrons. The fourth-order valence-corrected chi connectivity index (χ4v) is 0.402. The second-order valence-electron chi connectivity index (χ2n) is 2.29. The molecule has 0 spiro atoms. The maximum atomic E-state index is 9.99. The van der Waals surface area contributed by atoms with E-state index in [2.05, 4.69) is 0 Å². The molecule has 0 aliphatic heterocycles. The predicted molar refractivity (Wildman–Crippen MR) is 43.0 cm³/mol. The summed E-state index contributed by atoms with van der Waals surface area (Å²) in [5, 5.41) is 16.3. The summed E-state index contributed by atoms with van der Waals surface area (Å²) in [5.74, 6) is -2.20. The SMILES string of the molecule is N[C@@H](CCC(=O)O)C(=O)O.O=S(=O)([O-])[O-].[Zn+2]. The van der Waals surface area contributed by atoms with Crippen molar-refractivity contribution in [3.63, 3.8) is 0 Å². The van der Waals surface area contributed by atoms with Crippen LogP contribution >= 0.6 is 0 Å². The van der Waals surface area contributed by atoms with Crippen molar-refractivity contribution in [3.8, 4) is 0 Å². The molecule has 0 heterocycles. The molecule has 0 aliphatic rings. The number of carboxylic acid groups (broad SMARTS) is 2. The van der Waals surface area contributed by atoms with E-state index in [-0.39, 0.29) is 32.3 Å². The van der Waals surface area contributed by atoms with Gasteiger partial charge < -0.3 is 25.1 Å². The minimum Gasteiger partial charge on any atom is -0.759 e. The van der Waals surface area contributed by atoms with Gasteiger partial charge in [-0.1, -0.05) is 0 Å². The van der Waals surface area contributed by atoms with Crippen molar-refractivity contribution in [2.75, 3.05) is 0 Å². The predicted octanol–water partition coefficient (Wildman–Crippen LogP) is -2.08. The second-order valence-corrected chi connectivity index (χ2v) is 3.10. The molecule has 9 nitrogen and oxygen atoms in total. The van der Waals surface area contributed by atoms with Crippen molar-refractivity contribution < 1.29 is 56.8 Å². The third-order valence-corrected chi connectivity index (χ3v) is 0.986. The van der Waals surface area contributed by atoms with Gasteiger partial charge in [0.05, 0.1) is 0 Å². The first-order valence-corrected chi connectivity index (χ1v) is 4.74. The van der Waals surface area contributed by atoms with Crippen LogP contribution < -0.4 is 5.73 Å². The van der Waals surface area contributed by atoms with Gasteiger partial charge in [-0.05, 0) is 6.42 Å². The molecule has 0 aromatic carbocycles. The van der Waals surface area contributed by atoms with Gasteiger partial charge in [0.1, 0.15) is 6.04 Å². The number of carboxylic acids is 2. The van der Waals surface area contributed by atoms with Crippen LogP contribution in [0.4, 0.5) is 0 Å². The van der Waals surface area contributed by atoms with Crippen LogP contribution in [0.25, 0.3) is 0 Å². The van der Waals surface area contributed by atoms with E-state index in [9.17, 15) is 9.59 Å². The van der Waals surface area contributed by atoms with Gasteiger partial charge in [-0.15, -0.1) is 0 Å². The first-order chi connectivity index (χ1) is 6.54. The summed E-state index contributed by atoms with van der Waals surface area (Å²) in [7, 11) is -5.17. The summed E-state index contributed by atoms with van der Waals surface area (Å²) in [5.41, 5.74) is 5.00. The van der Waals surface area contributed by atoms with Crippen LogP contribution in [0.15, 0.2) is 0 Å². The Hall–Kier alpha value is -0.607. The molecule has 0 amide bonds. The van der Waals surface area contributed by atoms with Gasteiger partial charge in [0, 0.05) is 16.8 Å². The number of aliphatic carboxylic acids is 2. The monoisotopic (exact) mass is 307 g/mol. The van der Waals surface area contributed by atoms with Gasteiger partial charge in [-0.3, -0.25) is 18.0 Å². The first kappa shape index (κ1) is 20.8. The molecule has 1 atom stereocenters. The average molecular weight is 309 g/mol. The zero-order valence-corrected chi connectivity index (χ0v) is 11.8. The fourth-order valence-electron chi connectivity index (χ4n) is 0.402. The molecule has 0 saturated heterocycles. The Morgan fingerprint density at radius 3 is 1.75 bits per heavy atom. The Labute approximate surface area is 104 Å². The molecule has 0 aromatic rings. The number of rotatable bonds is 4. The molecule has 0 saturated carbocycles. The molecule has 16 heavy (non-hydrogen) atoms. The maximum Gasteiger partial charge on any atom is 2.00 e. The van der Waals surface area contributed by atoms with E-state index >= 15 is 0 Å². The van der Waals surface area contributed by atoms with E-state index in [1.165, 1.54) is 0 Å². The van der Waals surface area contributed by atoms with Crippen molar-refractivity contribution in [1.29, 1.82) is 0 Å². The molecule has 0 aliphatic carbocycles. The molecule has 0 radical (unpaired) electrons. The van der Waals surface area contributed by atoms with Crippen molar-refractivity contribution in [3.05, 3.63) is 0 Å². The summed E-state index contributed by atoms with van der Waals surface area (Å²) in [6, 6.07) is -1.06. The van der Waals surface area contributed by atoms with Crippen LogP contribution in [-0.4, -0.2) is 45.7 Å². The fraction of sp³-hybridized carbons (Fsp3) is 0.600. The van der Waals surface area contributed by atoms with Gasteiger partial charge in [-0.25, -0.2) is 0 Å². The summed E-state index contributed by atoms with van der Waals surface area (Å²) in [4.78, 5) is 19.9. The summed E-state index contributed by atoms with van der Waals surface area (Å²) >= 11 is 0. The van der Waals surface area contributed by atoms with Crippen LogP contribution in [0.2, 0.25) is 0 Å². The molecular weight excluding hydrogens is 300 g/mol. The molecule has 0 fully saturated rings. The van der Waals surface area contributed by atoms with Crippen LogP contribution in [0.3, 0.4) is 0 Å². The van der Waals surface area contributed by atoms with Crippen LogP contribution in [-0.2, 0) is 39.5 Å². The molecule has 0 bridgehead atoms. The van der Waals surface area contributed by atoms with Gasteiger partial charge in [-0.2, -0.15) is 0 Å². The average Bonchev–Trinajstić information content (AvgIpc) is 1.96. The van der Waals surface area contributed by atoms with Crippen molar-refractivity contribution >= 4 is 22.3 Å². The van der Waals surface area contributed by atoms with Crippen LogP contribution in [0.5, 0.6) is 0 Å². The van der Waals surface area contributed by atoms with E-state index in [1.807, 2.05) is 0 Å². The van der Waals surface area contributed by atoms with E-state index in [4.69, 9.17) is 33.5 Å². The molecular formula is C5H9NO8SZn. The van der Waals surface area contributed by atoms with Gasteiger partial charge in [0.15, 0.2) is 0 Å². The quantitative estimate of drug-likeness (QED) is 0.298. The Kier molecular flexibility index (Phi) is 12.5. The minimum atomic E-state index is -5.17. The molecule has 4 N–H and O–H groups in total. The summed E-state index contributed by atoms with van der Waals surface area (Å²) < 4.78 is 34.1. The second kappa shape index (κ2) is 9.61. The third kappa shape index (κ3) is 29.2. The summed E-state index contributed by atoms with van der Waals surface area (Å²) in [6.45, 7) is 0. The number of nitrogens with two attached hydrogens (primary N) is 1. The van der Waals surface area contributed by atoms with E-state index in [1.54, 1.807) is 0 Å². The van der Waals surface area contributed by atoms with Gasteiger partial charge >= 0.3 is 31.4 Å². The number of hydrogen-bond donors (Lipinski definition) is 3. The summed E-state index contributed by atoms with van der Waals surface area (Å²) in [6.07, 6.45) is -0.224. The van der Waals surface area contributed by atoms with Crippen molar-refractivity contribution in [2.45, 2.75) is 18.9 Å². The molecule has 11 heteroatoms. The zero-order valence-electron chi connectivity index (χ0n) is 8.03. The van der Waals surface area contributed by atoms with E-state index in [0.717, 1.165) is 0 Å². The molecule has 0 aromatic heterocycles. The van der Waals surface area contributed by atoms with Crippen molar-refractivity contribution in [1.82, 2.24) is 0 Å². The Bertz CT molecular complexity index is 306. The molecule has 0 unspecified atom stereocenters. The number of carbonyl (C=O) groups is 2. The molecule has 0 rings (SSSR count). The Morgan fingerprint density at radius 2 is 1.56 bits per heavy atom. The topological polar surface area (TPSA) is 181 Å². The Morgan fingerprint density at radius 1 is 1.25 bits per heavy atom. The van der Waals surface area contributed by atoms with Gasteiger partial charge in [0.2, 0.25) is 0 Å². The smallest absolute Gasteiger partial charge is 0.759 e.